The van der Waals surface area contributed by atoms with Crippen LogP contribution in [0.2, 0.25) is 0 Å². The van der Waals surface area contributed by atoms with Crippen LogP contribution in [0.25, 0.3) is 0 Å². The molecule has 0 amide bonds. The van der Waals surface area contributed by atoms with Crippen LogP contribution in [0.3, 0.4) is 0 Å². The Hall–Kier alpha value is -1.78. The first-order valence-corrected chi connectivity index (χ1v) is 5.27. The molecule has 88 valence electrons. The number of unbranched alkanes of at least 4 members (excludes halogenated alkanes) is 2. The third kappa shape index (κ3) is 3.42. The average molecular weight is 224 g/mol. The number of carbonyl (C=O) groups is 1. The Kier molecular flexibility index (Phi) is 4.57. The van der Waals surface area contributed by atoms with E-state index in [1.807, 2.05) is 0 Å². The van der Waals surface area contributed by atoms with Gasteiger partial charge in [-0.15, -0.1) is 0 Å². The summed E-state index contributed by atoms with van der Waals surface area (Å²) in [5.74, 6) is -0.880. The molecule has 0 fully saturated rings. The van der Waals surface area contributed by atoms with Gasteiger partial charge in [-0.1, -0.05) is 19.8 Å². The highest BCUT2D eigenvalue weighted by Gasteiger charge is 2.09. The van der Waals surface area contributed by atoms with Crippen molar-refractivity contribution in [3.63, 3.8) is 0 Å². The fourth-order valence-electron chi connectivity index (χ4n) is 1.21. The van der Waals surface area contributed by atoms with E-state index in [4.69, 9.17) is 15.6 Å². The molecule has 0 aliphatic carbocycles. The first-order valence-electron chi connectivity index (χ1n) is 5.27. The molecule has 16 heavy (non-hydrogen) atoms. The number of anilines is 1. The van der Waals surface area contributed by atoms with Gasteiger partial charge in [-0.2, -0.15) is 0 Å². The summed E-state index contributed by atoms with van der Waals surface area (Å²) in [5, 5.41) is 8.75. The van der Waals surface area contributed by atoms with Gasteiger partial charge in [-0.3, -0.25) is 0 Å². The summed E-state index contributed by atoms with van der Waals surface area (Å²) in [4.78, 5) is 14.5. The molecular weight excluding hydrogens is 208 g/mol. The number of hydrogen-bond donors (Lipinski definition) is 2. The first kappa shape index (κ1) is 12.3. The van der Waals surface area contributed by atoms with Gasteiger partial charge in [0.05, 0.1) is 12.3 Å². The molecule has 1 rings (SSSR count). The Morgan fingerprint density at radius 2 is 2.25 bits per heavy atom. The SMILES string of the molecule is CCCCCOc1nc(C(=O)O)ccc1N. The van der Waals surface area contributed by atoms with E-state index in [0.29, 0.717) is 12.3 Å². The van der Waals surface area contributed by atoms with Crippen LogP contribution in [0.1, 0.15) is 36.7 Å². The molecule has 1 aromatic heterocycles. The Morgan fingerprint density at radius 1 is 1.50 bits per heavy atom. The number of carboxylic acids is 1. The van der Waals surface area contributed by atoms with E-state index in [2.05, 4.69) is 11.9 Å². The molecule has 0 atom stereocenters. The lowest BCUT2D eigenvalue weighted by Crippen LogP contribution is -2.06. The van der Waals surface area contributed by atoms with E-state index >= 15 is 0 Å². The normalized spacial score (nSPS) is 10.1. The molecule has 0 radical (unpaired) electrons. The lowest BCUT2D eigenvalue weighted by molar-refractivity contribution is 0.0689. The number of carboxylic acid groups (broad SMARTS) is 1. The molecule has 0 saturated heterocycles. The van der Waals surface area contributed by atoms with Gasteiger partial charge in [0, 0.05) is 0 Å². The van der Waals surface area contributed by atoms with Gasteiger partial charge in [0.25, 0.3) is 0 Å². The van der Waals surface area contributed by atoms with Crippen LogP contribution in [-0.4, -0.2) is 22.7 Å². The highest BCUT2D eigenvalue weighted by Crippen LogP contribution is 2.18. The van der Waals surface area contributed by atoms with E-state index in [-0.39, 0.29) is 11.6 Å². The van der Waals surface area contributed by atoms with Crippen molar-refractivity contribution in [3.8, 4) is 5.88 Å². The van der Waals surface area contributed by atoms with E-state index < -0.39 is 5.97 Å². The number of nitrogen functional groups attached to an aromatic ring is 1. The molecule has 5 nitrogen and oxygen atoms in total. The summed E-state index contributed by atoms with van der Waals surface area (Å²) in [5.41, 5.74) is 5.93. The highest BCUT2D eigenvalue weighted by molar-refractivity contribution is 5.86. The zero-order valence-electron chi connectivity index (χ0n) is 9.27. The third-order valence-corrected chi connectivity index (χ3v) is 2.10. The smallest absolute Gasteiger partial charge is 0.354 e. The monoisotopic (exact) mass is 224 g/mol. The average Bonchev–Trinajstić information content (AvgIpc) is 2.26. The molecule has 0 bridgehead atoms. The van der Waals surface area contributed by atoms with Gasteiger partial charge < -0.3 is 15.6 Å². The predicted molar refractivity (Wildman–Crippen MR) is 60.6 cm³/mol. The van der Waals surface area contributed by atoms with Crippen LogP contribution in [0.5, 0.6) is 5.88 Å². The van der Waals surface area contributed by atoms with Crippen LogP contribution in [0.4, 0.5) is 5.69 Å². The second-order valence-electron chi connectivity index (χ2n) is 3.45. The lowest BCUT2D eigenvalue weighted by Gasteiger charge is -2.07. The Morgan fingerprint density at radius 3 is 2.88 bits per heavy atom. The van der Waals surface area contributed by atoms with Crippen molar-refractivity contribution in [2.75, 3.05) is 12.3 Å². The molecule has 0 unspecified atom stereocenters. The fourth-order valence-corrected chi connectivity index (χ4v) is 1.21. The lowest BCUT2D eigenvalue weighted by atomic mass is 10.3. The second-order valence-corrected chi connectivity index (χ2v) is 3.45. The van der Waals surface area contributed by atoms with Crippen molar-refractivity contribution in [1.82, 2.24) is 4.98 Å². The summed E-state index contributed by atoms with van der Waals surface area (Å²) in [6, 6.07) is 2.85. The number of nitrogens with zero attached hydrogens (tertiary/aromatic N) is 1. The van der Waals surface area contributed by atoms with E-state index in [1.165, 1.54) is 12.1 Å². The molecule has 0 aliphatic rings. The summed E-state index contributed by atoms with van der Waals surface area (Å²) in [7, 11) is 0. The topological polar surface area (TPSA) is 85.4 Å². The summed E-state index contributed by atoms with van der Waals surface area (Å²) in [6.07, 6.45) is 3.08. The van der Waals surface area contributed by atoms with E-state index in [0.717, 1.165) is 19.3 Å². The minimum atomic E-state index is -1.08. The number of rotatable bonds is 6. The molecule has 0 saturated carbocycles. The Bertz CT molecular complexity index is 366. The van der Waals surface area contributed by atoms with Crippen molar-refractivity contribution in [2.24, 2.45) is 0 Å². The molecule has 1 aromatic rings. The van der Waals surface area contributed by atoms with Gasteiger partial charge in [-0.05, 0) is 18.6 Å². The predicted octanol–water partition coefficient (Wildman–Crippen LogP) is 1.93. The summed E-state index contributed by atoms with van der Waals surface area (Å²) >= 11 is 0. The first-order chi connectivity index (χ1) is 7.65. The zero-order chi connectivity index (χ0) is 12.0. The molecular formula is C11H16N2O3. The molecule has 0 spiro atoms. The highest BCUT2D eigenvalue weighted by atomic mass is 16.5. The maximum Gasteiger partial charge on any atom is 0.354 e. The largest absolute Gasteiger partial charge is 0.477 e. The van der Waals surface area contributed by atoms with E-state index in [1.54, 1.807) is 0 Å². The van der Waals surface area contributed by atoms with Crippen LogP contribution in [0.15, 0.2) is 12.1 Å². The van der Waals surface area contributed by atoms with Crippen LogP contribution in [0, 0.1) is 0 Å². The minimum absolute atomic E-state index is 0.0558. The third-order valence-electron chi connectivity index (χ3n) is 2.10. The minimum Gasteiger partial charge on any atom is -0.477 e. The van der Waals surface area contributed by atoms with Crippen molar-refractivity contribution in [1.29, 1.82) is 0 Å². The Labute approximate surface area is 94.2 Å². The van der Waals surface area contributed by atoms with Crippen LogP contribution < -0.4 is 10.5 Å². The summed E-state index contributed by atoms with van der Waals surface area (Å²) in [6.45, 7) is 2.60. The zero-order valence-corrected chi connectivity index (χ0v) is 9.27. The summed E-state index contributed by atoms with van der Waals surface area (Å²) < 4.78 is 5.33. The van der Waals surface area contributed by atoms with Gasteiger partial charge in [-0.25, -0.2) is 9.78 Å². The molecule has 5 heteroatoms. The van der Waals surface area contributed by atoms with Gasteiger partial charge in [0.2, 0.25) is 5.88 Å². The number of hydrogen-bond acceptors (Lipinski definition) is 4. The molecule has 1 heterocycles. The molecule has 0 aromatic carbocycles. The van der Waals surface area contributed by atoms with Crippen LogP contribution >= 0.6 is 0 Å². The second kappa shape index (κ2) is 5.95. The number of ether oxygens (including phenoxy) is 1. The van der Waals surface area contributed by atoms with Crippen molar-refractivity contribution in [3.05, 3.63) is 17.8 Å². The maximum atomic E-state index is 10.7. The number of aromatic nitrogens is 1. The number of nitrogens with two attached hydrogens (primary N) is 1. The fraction of sp³-hybridized carbons (Fsp3) is 0.455. The standard InChI is InChI=1S/C11H16N2O3/c1-2-3-4-7-16-10-8(12)5-6-9(13-10)11(14)15/h5-6H,2-4,7,12H2,1H3,(H,14,15). The van der Waals surface area contributed by atoms with Gasteiger partial charge in [0.1, 0.15) is 0 Å². The number of pyridine rings is 1. The molecule has 3 N–H and O–H groups in total. The quantitative estimate of drug-likeness (QED) is 0.721. The van der Waals surface area contributed by atoms with Crippen molar-refractivity contribution >= 4 is 11.7 Å². The van der Waals surface area contributed by atoms with Crippen molar-refractivity contribution in [2.45, 2.75) is 26.2 Å². The van der Waals surface area contributed by atoms with E-state index in [9.17, 15) is 4.79 Å². The van der Waals surface area contributed by atoms with Crippen molar-refractivity contribution < 1.29 is 14.6 Å². The Balaban J connectivity index is 2.63. The van der Waals surface area contributed by atoms with Crippen LogP contribution in [-0.2, 0) is 0 Å². The van der Waals surface area contributed by atoms with Gasteiger partial charge >= 0.3 is 5.97 Å². The maximum absolute atomic E-state index is 10.7. The molecule has 0 aliphatic heterocycles. The number of aromatic carboxylic acids is 1. The van der Waals surface area contributed by atoms with Gasteiger partial charge in [0.15, 0.2) is 5.69 Å².